The van der Waals surface area contributed by atoms with Crippen LogP contribution in [0.5, 0.6) is 17.2 Å². The summed E-state index contributed by atoms with van der Waals surface area (Å²) in [5.41, 5.74) is 5.01. The first-order valence-corrected chi connectivity index (χ1v) is 20.4. The molecule has 3 amide bonds. The van der Waals surface area contributed by atoms with E-state index >= 15 is 0 Å². The van der Waals surface area contributed by atoms with E-state index in [2.05, 4.69) is 46.7 Å². The molecule has 334 valence electrons. The number of aryl methyl sites for hydroxylation is 1. The molecule has 1 unspecified atom stereocenters. The van der Waals surface area contributed by atoms with Crippen LogP contribution in [-0.4, -0.2) is 88.7 Å². The molecule has 0 aliphatic heterocycles. The maximum atomic E-state index is 13.1. The fourth-order valence-electron chi connectivity index (χ4n) is 6.04. The van der Waals surface area contributed by atoms with Crippen molar-refractivity contribution < 1.29 is 33.4 Å². The number of aromatic nitrogens is 2. The average Bonchev–Trinajstić information content (AvgIpc) is 3.56. The predicted molar refractivity (Wildman–Crippen MR) is 250 cm³/mol. The molecule has 0 spiro atoms. The Labute approximate surface area is 370 Å². The second-order valence-corrected chi connectivity index (χ2v) is 14.3. The van der Waals surface area contributed by atoms with Crippen molar-refractivity contribution in [2.24, 2.45) is 0 Å². The molecule has 1 heterocycles. The van der Waals surface area contributed by atoms with Crippen LogP contribution in [0.25, 0.3) is 11.0 Å². The first-order valence-electron chi connectivity index (χ1n) is 20.4. The number of imidazole rings is 1. The van der Waals surface area contributed by atoms with Crippen LogP contribution in [-0.2, 0) is 45.1 Å². The van der Waals surface area contributed by atoms with E-state index in [4.69, 9.17) is 14.2 Å². The Bertz CT molecular complexity index is 2350. The lowest BCUT2D eigenvalue weighted by molar-refractivity contribution is -0.123. The Morgan fingerprint density at radius 1 is 0.651 bits per heavy atom. The number of nitrogens with one attached hydrogen (secondary N) is 2. The van der Waals surface area contributed by atoms with E-state index in [0.717, 1.165) is 35.6 Å². The molecule has 2 N–H and O–H groups in total. The lowest BCUT2D eigenvalue weighted by Crippen LogP contribution is -2.39. The Morgan fingerprint density at radius 3 is 1.62 bits per heavy atom. The second-order valence-electron chi connectivity index (χ2n) is 14.3. The van der Waals surface area contributed by atoms with Gasteiger partial charge in [-0.15, -0.1) is 0 Å². The number of methoxy groups -OCH3 is 3. The number of anilines is 2. The highest BCUT2D eigenvalue weighted by Crippen LogP contribution is 2.21. The van der Waals surface area contributed by atoms with Gasteiger partial charge in [0.15, 0.2) is 0 Å². The van der Waals surface area contributed by atoms with Crippen molar-refractivity contribution in [3.63, 3.8) is 0 Å². The van der Waals surface area contributed by atoms with Crippen molar-refractivity contribution in [1.82, 2.24) is 19.8 Å². The fourth-order valence-corrected chi connectivity index (χ4v) is 6.04. The van der Waals surface area contributed by atoms with Gasteiger partial charge in [0.1, 0.15) is 36.6 Å². The zero-order valence-electron chi connectivity index (χ0n) is 37.4. The van der Waals surface area contributed by atoms with Gasteiger partial charge in [0.05, 0.1) is 38.9 Å². The number of benzene rings is 5. The first kappa shape index (κ1) is 50.0. The Kier molecular flexibility index (Phi) is 21.3. The molecule has 14 heteroatoms. The second kappa shape index (κ2) is 26.8. The summed E-state index contributed by atoms with van der Waals surface area (Å²) in [6.07, 6.45) is 3.13. The number of rotatable bonds is 16. The third kappa shape index (κ3) is 16.6. The minimum Gasteiger partial charge on any atom is -0.497 e. The number of carbonyl (C=O) groups excluding carboxylic acids is 4. The minimum absolute atomic E-state index is 0.127. The van der Waals surface area contributed by atoms with Crippen molar-refractivity contribution in [2.75, 3.05) is 58.8 Å². The van der Waals surface area contributed by atoms with Gasteiger partial charge in [-0.3, -0.25) is 23.5 Å². The first-order chi connectivity index (χ1) is 30.4. The molecule has 1 aromatic heterocycles. The van der Waals surface area contributed by atoms with Gasteiger partial charge in [-0.2, -0.15) is 0 Å². The maximum Gasteiger partial charge on any atom is 0.330 e. The number of hydrogen-bond acceptors (Lipinski definition) is 9. The minimum atomic E-state index is -0.500. The quantitative estimate of drug-likeness (QED) is 0.109. The normalized spacial score (nSPS) is 10.5. The highest BCUT2D eigenvalue weighted by atomic mass is 16.5. The molecule has 0 fully saturated rings. The standard InChI is InChI=1S/C23H26N4O5.C9H11NO2.C9H13NO.C8H10/c1-16(12-17-6-4-3-5-7-17)25-22(30)15-27-20-13-18(32-2)8-9-19(20)26(23(27)31)14-21(29)24-10-11-28;1-10(7-11)8-3-5-9(12-2)6-4-8;1-10(2)8-4-6-9(11-3)7-5-8;1-2-8-6-4-3-5-7-8/h3-9,11,13,16H,10,12,14-15H2,1-2H3,(H,24,29)(H,25,30);3-7H,1-2H3;4-7H,1-3H3;3-7H,2H2,1H3. The highest BCUT2D eigenvalue weighted by Gasteiger charge is 2.19. The van der Waals surface area contributed by atoms with Crippen LogP contribution >= 0.6 is 0 Å². The zero-order valence-corrected chi connectivity index (χ0v) is 37.4. The summed E-state index contributed by atoms with van der Waals surface area (Å²) in [5.74, 6) is 1.41. The van der Waals surface area contributed by atoms with Crippen LogP contribution in [0.4, 0.5) is 11.4 Å². The molecular weight excluding hydrogens is 801 g/mol. The van der Waals surface area contributed by atoms with Crippen molar-refractivity contribution in [1.29, 1.82) is 0 Å². The highest BCUT2D eigenvalue weighted by molar-refractivity contribution is 5.84. The van der Waals surface area contributed by atoms with Crippen molar-refractivity contribution in [3.05, 3.63) is 149 Å². The molecule has 6 aromatic rings. The number of ether oxygens (including phenoxy) is 3. The van der Waals surface area contributed by atoms with E-state index in [0.29, 0.717) is 29.5 Å². The van der Waals surface area contributed by atoms with Gasteiger partial charge in [-0.1, -0.05) is 67.6 Å². The van der Waals surface area contributed by atoms with Crippen molar-refractivity contribution in [2.45, 2.75) is 45.8 Å². The van der Waals surface area contributed by atoms with Gasteiger partial charge in [-0.05, 0) is 91.6 Å². The number of hydrogen-bond donors (Lipinski definition) is 2. The Morgan fingerprint density at radius 2 is 1.14 bits per heavy atom. The molecule has 0 saturated carbocycles. The lowest BCUT2D eigenvalue weighted by atomic mass is 10.1. The summed E-state index contributed by atoms with van der Waals surface area (Å²) >= 11 is 0. The summed E-state index contributed by atoms with van der Waals surface area (Å²) in [5, 5.41) is 5.33. The van der Waals surface area contributed by atoms with Crippen molar-refractivity contribution >= 4 is 46.9 Å². The lowest BCUT2D eigenvalue weighted by Gasteiger charge is -2.14. The van der Waals surface area contributed by atoms with Crippen LogP contribution < -0.4 is 40.3 Å². The monoisotopic (exact) mass is 860 g/mol. The summed E-state index contributed by atoms with van der Waals surface area (Å²) < 4.78 is 17.8. The molecule has 6 rings (SSSR count). The SMILES string of the molecule is CCc1ccccc1.COc1ccc(N(C)C)cc1.COc1ccc(N(C)C=O)cc1.COc1ccc2c(c1)n(CC(=O)NC(C)Cc1ccccc1)c(=O)n2CC(=O)NCC=O. The third-order valence-corrected chi connectivity index (χ3v) is 9.48. The van der Waals surface area contributed by atoms with E-state index in [9.17, 15) is 24.0 Å². The van der Waals surface area contributed by atoms with E-state index in [1.807, 2.05) is 106 Å². The van der Waals surface area contributed by atoms with Gasteiger partial charge < -0.3 is 39.4 Å². The van der Waals surface area contributed by atoms with E-state index in [1.54, 1.807) is 39.5 Å². The zero-order chi connectivity index (χ0) is 46.1. The summed E-state index contributed by atoms with van der Waals surface area (Å²) in [7, 11) is 10.5. The molecule has 14 nitrogen and oxygen atoms in total. The van der Waals surface area contributed by atoms with Crippen LogP contribution in [0.15, 0.2) is 132 Å². The van der Waals surface area contributed by atoms with Gasteiger partial charge in [0.2, 0.25) is 18.2 Å². The molecule has 0 aliphatic carbocycles. The molecule has 0 aliphatic rings. The van der Waals surface area contributed by atoms with Gasteiger partial charge >= 0.3 is 5.69 Å². The number of fused-ring (bicyclic) bond motifs is 1. The van der Waals surface area contributed by atoms with Crippen LogP contribution in [0, 0.1) is 0 Å². The largest absolute Gasteiger partial charge is 0.497 e. The van der Waals surface area contributed by atoms with Crippen LogP contribution in [0.1, 0.15) is 25.0 Å². The molecule has 5 aromatic carbocycles. The molecule has 0 saturated heterocycles. The molecule has 63 heavy (non-hydrogen) atoms. The molecule has 1 atom stereocenters. The smallest absolute Gasteiger partial charge is 0.330 e. The Balaban J connectivity index is 0.000000274. The van der Waals surface area contributed by atoms with Gasteiger partial charge in [0, 0.05) is 44.6 Å². The van der Waals surface area contributed by atoms with Crippen LogP contribution in [0.3, 0.4) is 0 Å². The van der Waals surface area contributed by atoms with Crippen molar-refractivity contribution in [3.8, 4) is 17.2 Å². The number of nitrogens with zero attached hydrogens (tertiary/aromatic N) is 4. The summed E-state index contributed by atoms with van der Waals surface area (Å²) in [6, 6.07) is 40.4. The van der Waals surface area contributed by atoms with Gasteiger partial charge in [0.25, 0.3) is 0 Å². The molecule has 0 radical (unpaired) electrons. The molecular formula is C49H60N6O8. The Hall–Kier alpha value is -7.35. The van der Waals surface area contributed by atoms with Gasteiger partial charge in [-0.25, -0.2) is 4.79 Å². The summed E-state index contributed by atoms with van der Waals surface area (Å²) in [4.78, 5) is 62.3. The maximum absolute atomic E-state index is 13.1. The van der Waals surface area contributed by atoms with E-state index < -0.39 is 11.6 Å². The summed E-state index contributed by atoms with van der Waals surface area (Å²) in [6.45, 7) is 3.45. The predicted octanol–water partition coefficient (Wildman–Crippen LogP) is 6.17. The average molecular weight is 861 g/mol. The number of amides is 3. The molecule has 0 bridgehead atoms. The number of carbonyl (C=O) groups is 4. The van der Waals surface area contributed by atoms with E-state index in [1.165, 1.54) is 32.4 Å². The van der Waals surface area contributed by atoms with Crippen LogP contribution in [0.2, 0.25) is 0 Å². The third-order valence-electron chi connectivity index (χ3n) is 9.48. The fraction of sp³-hybridized carbons (Fsp3) is 0.286. The van der Waals surface area contributed by atoms with E-state index in [-0.39, 0.29) is 31.6 Å². The number of aldehydes is 1. The topological polar surface area (TPSA) is 153 Å².